The average Bonchev–Trinajstić information content (AvgIpc) is 2.74. The van der Waals surface area contributed by atoms with Crippen molar-refractivity contribution in [2.24, 2.45) is 0 Å². The number of hydrogen-bond acceptors (Lipinski definition) is 3. The van der Waals surface area contributed by atoms with Gasteiger partial charge < -0.3 is 15.0 Å². The summed E-state index contributed by atoms with van der Waals surface area (Å²) in [6.07, 6.45) is 3.40. The molecule has 5 nitrogen and oxygen atoms in total. The molecule has 0 aromatic heterocycles. The minimum absolute atomic E-state index is 0.0934. The minimum atomic E-state index is -0.0934. The van der Waals surface area contributed by atoms with Gasteiger partial charge in [0.2, 0.25) is 0 Å². The first-order valence-corrected chi connectivity index (χ1v) is 9.94. The number of nitrogens with zero attached hydrogens (tertiary/aromatic N) is 1. The molecule has 1 heterocycles. The summed E-state index contributed by atoms with van der Waals surface area (Å²) < 4.78 is 5.63. The molecule has 148 valence electrons. The van der Waals surface area contributed by atoms with E-state index in [-0.39, 0.29) is 11.8 Å². The molecule has 0 atom stereocenters. The molecule has 3 rings (SSSR count). The molecule has 1 fully saturated rings. The fourth-order valence-corrected chi connectivity index (χ4v) is 3.26. The number of likely N-dealkylation sites (tertiary alicyclic amines) is 1. The molecule has 1 aliphatic heterocycles. The number of carbonyl (C=O) groups excluding carboxylic acids is 2. The Hall–Kier alpha value is -2.66. The zero-order valence-electron chi connectivity index (χ0n) is 16.4. The van der Waals surface area contributed by atoms with E-state index >= 15 is 0 Å². The molecule has 1 N–H and O–H groups in total. The van der Waals surface area contributed by atoms with Gasteiger partial charge in [-0.15, -0.1) is 0 Å². The third-order valence-electron chi connectivity index (χ3n) is 4.96. The first-order valence-electron chi connectivity index (χ1n) is 9.94. The summed E-state index contributed by atoms with van der Waals surface area (Å²) in [6, 6.07) is 15.1. The number of amides is 2. The Bertz CT molecular complexity index is 778. The van der Waals surface area contributed by atoms with Crippen LogP contribution in [0.15, 0.2) is 48.5 Å². The second kappa shape index (κ2) is 10.0. The first kappa shape index (κ1) is 20.1. The molecule has 2 aromatic rings. The van der Waals surface area contributed by atoms with E-state index in [0.29, 0.717) is 25.3 Å². The van der Waals surface area contributed by atoms with Crippen molar-refractivity contribution in [3.8, 4) is 0 Å². The zero-order valence-corrected chi connectivity index (χ0v) is 16.4. The molecule has 0 radical (unpaired) electrons. The molecule has 1 saturated heterocycles. The van der Waals surface area contributed by atoms with Gasteiger partial charge in [0.15, 0.2) is 0 Å². The van der Waals surface area contributed by atoms with Crippen LogP contribution in [0.2, 0.25) is 0 Å². The van der Waals surface area contributed by atoms with Crippen LogP contribution in [-0.4, -0.2) is 43.0 Å². The van der Waals surface area contributed by atoms with Crippen LogP contribution < -0.4 is 5.32 Å². The molecule has 0 spiro atoms. The number of benzene rings is 2. The van der Waals surface area contributed by atoms with E-state index in [4.69, 9.17) is 4.74 Å². The molecule has 28 heavy (non-hydrogen) atoms. The molecule has 2 aromatic carbocycles. The number of ether oxygens (including phenoxy) is 1. The van der Waals surface area contributed by atoms with Gasteiger partial charge in [-0.2, -0.15) is 0 Å². The summed E-state index contributed by atoms with van der Waals surface area (Å²) in [7, 11) is 0. The van der Waals surface area contributed by atoms with E-state index in [2.05, 4.69) is 5.32 Å². The largest absolute Gasteiger partial charge is 0.375 e. The van der Waals surface area contributed by atoms with E-state index in [1.54, 1.807) is 0 Å². The standard InChI is InChI=1S/C23H28N2O3/c1-18-5-9-20(10-6-18)22(26)24-13-16-28-17-19-7-11-21(12-8-19)23(27)25-14-3-2-4-15-25/h5-12H,2-4,13-17H2,1H3,(H,24,26). The van der Waals surface area contributed by atoms with Crippen LogP contribution in [0.3, 0.4) is 0 Å². The molecule has 0 bridgehead atoms. The highest BCUT2D eigenvalue weighted by Gasteiger charge is 2.17. The van der Waals surface area contributed by atoms with Crippen LogP contribution in [0.4, 0.5) is 0 Å². The third-order valence-corrected chi connectivity index (χ3v) is 4.96. The monoisotopic (exact) mass is 380 g/mol. The predicted molar refractivity (Wildman–Crippen MR) is 109 cm³/mol. The van der Waals surface area contributed by atoms with E-state index in [1.165, 1.54) is 6.42 Å². The quantitative estimate of drug-likeness (QED) is 0.747. The van der Waals surface area contributed by atoms with Gasteiger partial charge in [-0.1, -0.05) is 29.8 Å². The lowest BCUT2D eigenvalue weighted by Crippen LogP contribution is -2.35. The fourth-order valence-electron chi connectivity index (χ4n) is 3.26. The Morgan fingerprint density at radius 2 is 1.57 bits per heavy atom. The van der Waals surface area contributed by atoms with Crippen molar-refractivity contribution < 1.29 is 14.3 Å². The molecular weight excluding hydrogens is 352 g/mol. The highest BCUT2D eigenvalue weighted by atomic mass is 16.5. The third kappa shape index (κ3) is 5.67. The summed E-state index contributed by atoms with van der Waals surface area (Å²) >= 11 is 0. The summed E-state index contributed by atoms with van der Waals surface area (Å²) in [5.41, 5.74) is 3.53. The second-order valence-electron chi connectivity index (χ2n) is 7.22. The SMILES string of the molecule is Cc1ccc(C(=O)NCCOCc2ccc(C(=O)N3CCCCC3)cc2)cc1. The molecule has 0 unspecified atom stereocenters. The van der Waals surface area contributed by atoms with E-state index in [9.17, 15) is 9.59 Å². The number of hydrogen-bond donors (Lipinski definition) is 1. The number of nitrogens with one attached hydrogen (secondary N) is 1. The Labute approximate surface area is 166 Å². The molecular formula is C23H28N2O3. The number of rotatable bonds is 7. The van der Waals surface area contributed by atoms with Gasteiger partial charge >= 0.3 is 0 Å². The fraction of sp³-hybridized carbons (Fsp3) is 0.391. The Morgan fingerprint density at radius 1 is 0.929 bits per heavy atom. The maximum atomic E-state index is 12.5. The normalized spacial score (nSPS) is 14.0. The van der Waals surface area contributed by atoms with Crippen molar-refractivity contribution in [1.82, 2.24) is 10.2 Å². The smallest absolute Gasteiger partial charge is 0.253 e. The summed E-state index contributed by atoms with van der Waals surface area (Å²) in [4.78, 5) is 26.4. The van der Waals surface area contributed by atoms with Crippen molar-refractivity contribution in [1.29, 1.82) is 0 Å². The molecule has 0 aliphatic carbocycles. The van der Waals surface area contributed by atoms with Crippen LogP contribution in [-0.2, 0) is 11.3 Å². The van der Waals surface area contributed by atoms with Crippen molar-refractivity contribution in [3.05, 3.63) is 70.8 Å². The Morgan fingerprint density at radius 3 is 2.25 bits per heavy atom. The number of piperidine rings is 1. The van der Waals surface area contributed by atoms with Crippen molar-refractivity contribution in [2.45, 2.75) is 32.8 Å². The average molecular weight is 380 g/mol. The summed E-state index contributed by atoms with van der Waals surface area (Å²) in [5.74, 6) is 0.0233. The van der Waals surface area contributed by atoms with Crippen molar-refractivity contribution in [3.63, 3.8) is 0 Å². The van der Waals surface area contributed by atoms with Crippen LogP contribution in [0.25, 0.3) is 0 Å². The topological polar surface area (TPSA) is 58.6 Å². The lowest BCUT2D eigenvalue weighted by Gasteiger charge is -2.26. The number of aryl methyl sites for hydroxylation is 1. The van der Waals surface area contributed by atoms with Crippen LogP contribution in [0.1, 0.15) is 51.1 Å². The maximum absolute atomic E-state index is 12.5. The summed E-state index contributed by atoms with van der Waals surface area (Å²) in [6.45, 7) is 5.06. The van der Waals surface area contributed by atoms with Crippen LogP contribution in [0.5, 0.6) is 0 Å². The van der Waals surface area contributed by atoms with E-state index in [1.807, 2.05) is 60.4 Å². The van der Waals surface area contributed by atoms with E-state index in [0.717, 1.165) is 42.6 Å². The van der Waals surface area contributed by atoms with Gasteiger partial charge in [0, 0.05) is 30.8 Å². The van der Waals surface area contributed by atoms with Crippen LogP contribution >= 0.6 is 0 Å². The first-order chi connectivity index (χ1) is 13.6. The van der Waals surface area contributed by atoms with Crippen molar-refractivity contribution in [2.75, 3.05) is 26.2 Å². The van der Waals surface area contributed by atoms with Crippen molar-refractivity contribution >= 4 is 11.8 Å². The highest BCUT2D eigenvalue weighted by molar-refractivity contribution is 5.94. The van der Waals surface area contributed by atoms with Gasteiger partial charge in [-0.05, 0) is 56.0 Å². The zero-order chi connectivity index (χ0) is 19.8. The Kier molecular flexibility index (Phi) is 7.20. The van der Waals surface area contributed by atoms with Gasteiger partial charge in [0.05, 0.1) is 13.2 Å². The van der Waals surface area contributed by atoms with Gasteiger partial charge in [0.25, 0.3) is 11.8 Å². The molecule has 0 saturated carbocycles. The van der Waals surface area contributed by atoms with Gasteiger partial charge in [0.1, 0.15) is 0 Å². The molecule has 1 aliphatic rings. The molecule has 2 amide bonds. The summed E-state index contributed by atoms with van der Waals surface area (Å²) in [5, 5.41) is 2.85. The van der Waals surface area contributed by atoms with Gasteiger partial charge in [-0.25, -0.2) is 0 Å². The Balaban J connectivity index is 1.37. The number of carbonyl (C=O) groups is 2. The lowest BCUT2D eigenvalue weighted by atomic mass is 10.1. The minimum Gasteiger partial charge on any atom is -0.375 e. The second-order valence-corrected chi connectivity index (χ2v) is 7.22. The van der Waals surface area contributed by atoms with E-state index < -0.39 is 0 Å². The lowest BCUT2D eigenvalue weighted by molar-refractivity contribution is 0.0724. The van der Waals surface area contributed by atoms with Gasteiger partial charge in [-0.3, -0.25) is 9.59 Å². The maximum Gasteiger partial charge on any atom is 0.253 e. The molecule has 5 heteroatoms. The highest BCUT2D eigenvalue weighted by Crippen LogP contribution is 2.14. The van der Waals surface area contributed by atoms with Crippen LogP contribution in [0, 0.1) is 6.92 Å². The predicted octanol–water partition coefficient (Wildman–Crippen LogP) is 3.57.